The van der Waals surface area contributed by atoms with Crippen LogP contribution in [0.3, 0.4) is 0 Å². The third-order valence-corrected chi connectivity index (χ3v) is 5.90. The molecule has 0 fully saturated rings. The van der Waals surface area contributed by atoms with Gasteiger partial charge in [-0.1, -0.05) is 65.7 Å². The maximum absolute atomic E-state index is 12.5. The number of fused-ring (bicyclic) bond motifs is 1. The van der Waals surface area contributed by atoms with Gasteiger partial charge in [-0.3, -0.25) is 9.10 Å². The molecular weight excluding hydrogens is 419 g/mol. The summed E-state index contributed by atoms with van der Waals surface area (Å²) in [5.41, 5.74) is 1.11. The minimum Gasteiger partial charge on any atom is -0.350 e. The molecule has 0 atom stereocenters. The zero-order chi connectivity index (χ0) is 20.3. The molecule has 0 heterocycles. The maximum Gasteiger partial charge on any atom is 0.241 e. The first-order valence-corrected chi connectivity index (χ1v) is 11.0. The van der Waals surface area contributed by atoms with Crippen LogP contribution in [0.25, 0.3) is 10.8 Å². The first-order valence-electron chi connectivity index (χ1n) is 8.42. The zero-order valence-corrected chi connectivity index (χ0v) is 17.4. The summed E-state index contributed by atoms with van der Waals surface area (Å²) in [5.74, 6) is -0.450. The van der Waals surface area contributed by atoms with E-state index in [0.717, 1.165) is 26.9 Å². The number of nitrogens with zero attached hydrogens (tertiary/aromatic N) is 1. The van der Waals surface area contributed by atoms with E-state index in [0.29, 0.717) is 5.02 Å². The normalized spacial score (nSPS) is 11.4. The van der Waals surface area contributed by atoms with E-state index in [-0.39, 0.29) is 17.3 Å². The van der Waals surface area contributed by atoms with Gasteiger partial charge in [0, 0.05) is 11.6 Å². The van der Waals surface area contributed by atoms with Crippen LogP contribution in [0.5, 0.6) is 0 Å². The van der Waals surface area contributed by atoms with Crippen molar-refractivity contribution in [2.75, 3.05) is 17.1 Å². The second-order valence-corrected chi connectivity index (χ2v) is 9.03. The van der Waals surface area contributed by atoms with Crippen LogP contribution in [-0.2, 0) is 21.4 Å². The van der Waals surface area contributed by atoms with Crippen LogP contribution < -0.4 is 9.62 Å². The van der Waals surface area contributed by atoms with Crippen molar-refractivity contribution in [2.24, 2.45) is 0 Å². The Morgan fingerprint density at radius 2 is 1.75 bits per heavy atom. The highest BCUT2D eigenvalue weighted by Crippen LogP contribution is 2.30. The number of halogens is 2. The summed E-state index contributed by atoms with van der Waals surface area (Å²) in [5, 5.41) is 5.39. The predicted molar refractivity (Wildman–Crippen MR) is 114 cm³/mol. The Labute approximate surface area is 173 Å². The van der Waals surface area contributed by atoms with Gasteiger partial charge in [0.2, 0.25) is 15.9 Å². The quantitative estimate of drug-likeness (QED) is 0.628. The van der Waals surface area contributed by atoms with Gasteiger partial charge in [0.05, 0.1) is 17.0 Å². The number of carbonyl (C=O) groups is 1. The van der Waals surface area contributed by atoms with Crippen molar-refractivity contribution in [3.63, 3.8) is 0 Å². The number of anilines is 1. The second kappa shape index (κ2) is 8.39. The number of hydrogen-bond acceptors (Lipinski definition) is 3. The molecule has 0 spiro atoms. The van der Waals surface area contributed by atoms with Crippen molar-refractivity contribution in [3.05, 3.63) is 76.3 Å². The molecule has 8 heteroatoms. The third kappa shape index (κ3) is 4.76. The van der Waals surface area contributed by atoms with Gasteiger partial charge < -0.3 is 5.32 Å². The van der Waals surface area contributed by atoms with Gasteiger partial charge in [-0.15, -0.1) is 0 Å². The van der Waals surface area contributed by atoms with E-state index in [1.54, 1.807) is 6.07 Å². The molecule has 28 heavy (non-hydrogen) atoms. The molecule has 0 saturated heterocycles. The van der Waals surface area contributed by atoms with Crippen LogP contribution in [0.15, 0.2) is 60.7 Å². The summed E-state index contributed by atoms with van der Waals surface area (Å²) in [6.07, 6.45) is 1.02. The van der Waals surface area contributed by atoms with Crippen molar-refractivity contribution in [1.29, 1.82) is 0 Å². The van der Waals surface area contributed by atoms with Crippen LogP contribution in [0.1, 0.15) is 5.56 Å². The molecule has 0 aromatic heterocycles. The Morgan fingerprint density at radius 3 is 2.50 bits per heavy atom. The fraction of sp³-hybridized carbons (Fsp3) is 0.150. The van der Waals surface area contributed by atoms with E-state index in [2.05, 4.69) is 5.32 Å². The van der Waals surface area contributed by atoms with Crippen molar-refractivity contribution in [3.8, 4) is 0 Å². The zero-order valence-electron chi connectivity index (χ0n) is 15.0. The number of amides is 1. The molecule has 0 aliphatic heterocycles. The number of hydrogen-bond donors (Lipinski definition) is 1. The largest absolute Gasteiger partial charge is 0.350 e. The Balaban J connectivity index is 1.78. The van der Waals surface area contributed by atoms with Crippen molar-refractivity contribution in [1.82, 2.24) is 5.32 Å². The Bertz CT molecular complexity index is 1130. The highest BCUT2D eigenvalue weighted by Gasteiger charge is 2.23. The van der Waals surface area contributed by atoms with Crippen LogP contribution in [-0.4, -0.2) is 27.1 Å². The molecule has 3 aromatic carbocycles. The number of benzene rings is 3. The van der Waals surface area contributed by atoms with Gasteiger partial charge in [-0.05, 0) is 34.5 Å². The molecule has 0 radical (unpaired) electrons. The van der Waals surface area contributed by atoms with Crippen LogP contribution in [0, 0.1) is 0 Å². The second-order valence-electron chi connectivity index (χ2n) is 6.28. The smallest absolute Gasteiger partial charge is 0.241 e. The lowest BCUT2D eigenvalue weighted by Crippen LogP contribution is -2.40. The Kier molecular flexibility index (Phi) is 6.13. The number of carbonyl (C=O) groups excluding carboxylic acids is 1. The maximum atomic E-state index is 12.5. The Morgan fingerprint density at radius 1 is 1.04 bits per heavy atom. The summed E-state index contributed by atoms with van der Waals surface area (Å²) < 4.78 is 25.4. The van der Waals surface area contributed by atoms with Gasteiger partial charge in [0.15, 0.2) is 0 Å². The number of rotatable bonds is 6. The summed E-state index contributed by atoms with van der Waals surface area (Å²) >= 11 is 12.1. The molecule has 3 aromatic rings. The minimum atomic E-state index is -3.74. The average Bonchev–Trinajstić information content (AvgIpc) is 2.65. The standard InChI is InChI=1S/C20H18Cl2N2O3S/c1-28(26,27)24(19-11-16(21)9-10-18(19)22)13-20(25)23-12-15-7-4-6-14-5-2-3-8-17(14)15/h2-11H,12-13H2,1H3,(H,23,25). The highest BCUT2D eigenvalue weighted by atomic mass is 35.5. The molecule has 0 bridgehead atoms. The van der Waals surface area contributed by atoms with Crippen molar-refractivity contribution >= 4 is 55.6 Å². The third-order valence-electron chi connectivity index (χ3n) is 4.22. The molecular formula is C20H18Cl2N2O3S. The van der Waals surface area contributed by atoms with Crippen LogP contribution in [0.4, 0.5) is 5.69 Å². The highest BCUT2D eigenvalue weighted by molar-refractivity contribution is 7.92. The van der Waals surface area contributed by atoms with Gasteiger partial charge in [-0.2, -0.15) is 0 Å². The van der Waals surface area contributed by atoms with Crippen molar-refractivity contribution in [2.45, 2.75) is 6.54 Å². The SMILES string of the molecule is CS(=O)(=O)N(CC(=O)NCc1cccc2ccccc12)c1cc(Cl)ccc1Cl. The average molecular weight is 437 g/mol. The lowest BCUT2D eigenvalue weighted by Gasteiger charge is -2.23. The monoisotopic (exact) mass is 436 g/mol. The summed E-state index contributed by atoms with van der Waals surface area (Å²) in [6, 6.07) is 18.1. The topological polar surface area (TPSA) is 66.5 Å². The molecule has 0 aliphatic carbocycles. The molecule has 5 nitrogen and oxygen atoms in total. The first kappa shape index (κ1) is 20.5. The van der Waals surface area contributed by atoms with E-state index in [1.807, 2.05) is 42.5 Å². The molecule has 0 aliphatic rings. The van der Waals surface area contributed by atoms with E-state index < -0.39 is 22.5 Å². The van der Waals surface area contributed by atoms with Crippen LogP contribution >= 0.6 is 23.2 Å². The Hall–Kier alpha value is -2.28. The van der Waals surface area contributed by atoms with Crippen LogP contribution in [0.2, 0.25) is 10.0 Å². The minimum absolute atomic E-state index is 0.164. The van der Waals surface area contributed by atoms with Gasteiger partial charge in [-0.25, -0.2) is 8.42 Å². The van der Waals surface area contributed by atoms with E-state index >= 15 is 0 Å². The lowest BCUT2D eigenvalue weighted by atomic mass is 10.0. The summed E-state index contributed by atoms with van der Waals surface area (Å²) in [4.78, 5) is 12.5. The molecule has 0 unspecified atom stereocenters. The fourth-order valence-electron chi connectivity index (χ4n) is 2.88. The lowest BCUT2D eigenvalue weighted by molar-refractivity contribution is -0.119. The summed E-state index contributed by atoms with van der Waals surface area (Å²) in [7, 11) is -3.74. The van der Waals surface area contributed by atoms with Gasteiger partial charge in [0.25, 0.3) is 0 Å². The van der Waals surface area contributed by atoms with Crippen molar-refractivity contribution < 1.29 is 13.2 Å². The van der Waals surface area contributed by atoms with Gasteiger partial charge in [0.1, 0.15) is 6.54 Å². The number of nitrogens with one attached hydrogen (secondary N) is 1. The fourth-order valence-corrected chi connectivity index (χ4v) is 4.18. The van der Waals surface area contributed by atoms with Gasteiger partial charge >= 0.3 is 0 Å². The molecule has 0 saturated carbocycles. The summed E-state index contributed by atoms with van der Waals surface area (Å²) in [6.45, 7) is -0.120. The molecule has 3 rings (SSSR count). The predicted octanol–water partition coefficient (Wildman–Crippen LogP) is 4.23. The van der Waals surface area contributed by atoms with E-state index in [4.69, 9.17) is 23.2 Å². The first-order chi connectivity index (χ1) is 13.3. The molecule has 146 valence electrons. The van der Waals surface area contributed by atoms with E-state index in [9.17, 15) is 13.2 Å². The molecule has 1 amide bonds. The molecule has 1 N–H and O–H groups in total. The van der Waals surface area contributed by atoms with E-state index in [1.165, 1.54) is 12.1 Å². The number of sulfonamides is 1.